The highest BCUT2D eigenvalue weighted by Crippen LogP contribution is 2.22. The number of aromatic amines is 1. The predicted molar refractivity (Wildman–Crippen MR) is 155 cm³/mol. The number of hydrogen-bond donors (Lipinski definition) is 7. The fourth-order valence-corrected chi connectivity index (χ4v) is 5.28. The van der Waals surface area contributed by atoms with E-state index in [-0.39, 0.29) is 25.0 Å². The number of H-pyrrole nitrogens is 1. The van der Waals surface area contributed by atoms with Crippen LogP contribution in [0.3, 0.4) is 0 Å². The third kappa shape index (κ3) is 7.89. The van der Waals surface area contributed by atoms with Gasteiger partial charge in [0.05, 0.1) is 6.04 Å². The number of nitrogens with one attached hydrogen (secondary N) is 3. The zero-order chi connectivity index (χ0) is 31.1. The van der Waals surface area contributed by atoms with Crippen LogP contribution in [0.4, 0.5) is 0 Å². The Kier molecular flexibility index (Phi) is 9.99. The van der Waals surface area contributed by atoms with Crippen LogP contribution in [-0.4, -0.2) is 85.6 Å². The normalized spacial score (nSPS) is 16.8. The Balaban J connectivity index is 1.47. The number of fused-ring (bicyclic) bond motifs is 1. The number of benzene rings is 2. The van der Waals surface area contributed by atoms with Crippen LogP contribution in [0.15, 0.2) is 54.7 Å². The number of para-hydroxylation sites is 1. The van der Waals surface area contributed by atoms with Crippen molar-refractivity contribution in [3.05, 3.63) is 65.9 Å². The Morgan fingerprint density at radius 1 is 0.977 bits per heavy atom. The Labute approximate surface area is 247 Å². The van der Waals surface area contributed by atoms with Crippen LogP contribution < -0.4 is 16.4 Å². The summed E-state index contributed by atoms with van der Waals surface area (Å²) in [4.78, 5) is 67.4. The number of aromatic hydroxyl groups is 1. The lowest BCUT2D eigenvalue weighted by Gasteiger charge is -2.28. The molecule has 0 saturated carbocycles. The molecular formula is C30H35N5O8. The lowest BCUT2D eigenvalue weighted by Crippen LogP contribution is -2.57. The first-order valence-electron chi connectivity index (χ1n) is 14.0. The van der Waals surface area contributed by atoms with Crippen LogP contribution in [0.1, 0.15) is 36.8 Å². The molecule has 13 nitrogen and oxygen atoms in total. The number of aromatic nitrogens is 1. The van der Waals surface area contributed by atoms with Gasteiger partial charge >= 0.3 is 11.9 Å². The molecule has 4 rings (SSSR count). The molecule has 1 aliphatic rings. The molecular weight excluding hydrogens is 558 g/mol. The second-order valence-electron chi connectivity index (χ2n) is 10.6. The molecule has 1 fully saturated rings. The molecule has 1 saturated heterocycles. The van der Waals surface area contributed by atoms with Crippen molar-refractivity contribution in [3.8, 4) is 5.75 Å². The van der Waals surface area contributed by atoms with Crippen LogP contribution in [0, 0.1) is 0 Å². The molecule has 1 aliphatic heterocycles. The molecule has 13 heteroatoms. The van der Waals surface area contributed by atoms with Gasteiger partial charge in [-0.3, -0.25) is 19.2 Å². The number of carboxylic acid groups (broad SMARTS) is 2. The smallest absolute Gasteiger partial charge is 0.326 e. The van der Waals surface area contributed by atoms with Crippen molar-refractivity contribution in [3.63, 3.8) is 0 Å². The van der Waals surface area contributed by atoms with Crippen LogP contribution in [-0.2, 0) is 36.8 Å². The van der Waals surface area contributed by atoms with Gasteiger partial charge < -0.3 is 41.6 Å². The zero-order valence-electron chi connectivity index (χ0n) is 23.4. The molecule has 4 unspecified atom stereocenters. The number of amides is 3. The number of carboxylic acids is 2. The van der Waals surface area contributed by atoms with Gasteiger partial charge in [-0.1, -0.05) is 30.3 Å². The van der Waals surface area contributed by atoms with Gasteiger partial charge in [0, 0.05) is 36.5 Å². The quantitative estimate of drug-likeness (QED) is 0.150. The second-order valence-corrected chi connectivity index (χ2v) is 10.6. The largest absolute Gasteiger partial charge is 0.508 e. The van der Waals surface area contributed by atoms with Crippen molar-refractivity contribution in [2.24, 2.45) is 5.73 Å². The maximum absolute atomic E-state index is 13.5. The highest BCUT2D eigenvalue weighted by Gasteiger charge is 2.38. The highest BCUT2D eigenvalue weighted by molar-refractivity contribution is 5.95. The minimum atomic E-state index is -1.49. The van der Waals surface area contributed by atoms with Gasteiger partial charge in [0.1, 0.15) is 23.9 Å². The van der Waals surface area contributed by atoms with Crippen molar-refractivity contribution in [1.82, 2.24) is 20.5 Å². The summed E-state index contributed by atoms with van der Waals surface area (Å²) in [6, 6.07) is 9.02. The SMILES string of the molecule is NC(Cc1c[nH]c2ccccc12)C(=O)N1CCCC1C(=O)NC(Cc1ccc(O)cc1)C(=O)NC(CCC(=O)O)C(=O)O. The number of phenolic OH excluding ortho intramolecular Hbond substituents is 1. The average molecular weight is 594 g/mol. The fraction of sp³-hybridized carbons (Fsp3) is 0.367. The molecule has 228 valence electrons. The Hall–Kier alpha value is -4.91. The van der Waals surface area contributed by atoms with Crippen LogP contribution in [0.25, 0.3) is 10.9 Å². The van der Waals surface area contributed by atoms with Crippen LogP contribution in [0.5, 0.6) is 5.75 Å². The van der Waals surface area contributed by atoms with Gasteiger partial charge in [0.25, 0.3) is 0 Å². The summed E-state index contributed by atoms with van der Waals surface area (Å²) in [5.41, 5.74) is 8.68. The second kappa shape index (κ2) is 13.8. The third-order valence-corrected chi connectivity index (χ3v) is 7.54. The van der Waals surface area contributed by atoms with E-state index in [0.717, 1.165) is 16.5 Å². The van der Waals surface area contributed by atoms with Crippen molar-refractivity contribution in [2.45, 2.75) is 62.7 Å². The summed E-state index contributed by atoms with van der Waals surface area (Å²) in [6.45, 7) is 0.309. The van der Waals surface area contributed by atoms with E-state index in [9.17, 15) is 34.2 Å². The van der Waals surface area contributed by atoms with Gasteiger partial charge in [-0.25, -0.2) is 4.79 Å². The maximum atomic E-state index is 13.5. The van der Waals surface area contributed by atoms with Gasteiger partial charge in [0.15, 0.2) is 0 Å². The summed E-state index contributed by atoms with van der Waals surface area (Å²) in [6.07, 6.45) is 2.07. The molecule has 0 aliphatic carbocycles. The minimum Gasteiger partial charge on any atom is -0.508 e. The number of rotatable bonds is 13. The van der Waals surface area contributed by atoms with Crippen molar-refractivity contribution in [1.29, 1.82) is 0 Å². The molecule has 8 N–H and O–H groups in total. The van der Waals surface area contributed by atoms with Crippen molar-refractivity contribution >= 4 is 40.6 Å². The number of likely N-dealkylation sites (tertiary alicyclic amines) is 1. The van der Waals surface area contributed by atoms with E-state index in [1.54, 1.807) is 18.3 Å². The van der Waals surface area contributed by atoms with E-state index >= 15 is 0 Å². The van der Waals surface area contributed by atoms with Crippen molar-refractivity contribution in [2.75, 3.05) is 6.54 Å². The molecule has 2 aromatic carbocycles. The molecule has 43 heavy (non-hydrogen) atoms. The van der Waals surface area contributed by atoms with Crippen LogP contribution in [0.2, 0.25) is 0 Å². The highest BCUT2D eigenvalue weighted by atomic mass is 16.4. The monoisotopic (exact) mass is 593 g/mol. The van der Waals surface area contributed by atoms with E-state index in [4.69, 9.17) is 10.8 Å². The van der Waals surface area contributed by atoms with Gasteiger partial charge in [0.2, 0.25) is 17.7 Å². The fourth-order valence-electron chi connectivity index (χ4n) is 5.28. The number of nitrogens with two attached hydrogens (primary N) is 1. The van der Waals surface area contributed by atoms with E-state index in [1.165, 1.54) is 17.0 Å². The predicted octanol–water partition coefficient (Wildman–Crippen LogP) is 0.896. The molecule has 4 atom stereocenters. The molecule has 0 radical (unpaired) electrons. The summed E-state index contributed by atoms with van der Waals surface area (Å²) < 4.78 is 0. The molecule has 3 amide bonds. The summed E-state index contributed by atoms with van der Waals surface area (Å²) >= 11 is 0. The maximum Gasteiger partial charge on any atom is 0.326 e. The van der Waals surface area contributed by atoms with E-state index in [1.807, 2.05) is 24.3 Å². The minimum absolute atomic E-state index is 0.00233. The van der Waals surface area contributed by atoms with Gasteiger partial charge in [-0.05, 0) is 55.0 Å². The summed E-state index contributed by atoms with van der Waals surface area (Å²) in [5, 5.41) is 34.0. The van der Waals surface area contributed by atoms with Gasteiger partial charge in [-0.15, -0.1) is 0 Å². The average Bonchev–Trinajstić information content (AvgIpc) is 3.63. The van der Waals surface area contributed by atoms with Crippen LogP contribution >= 0.6 is 0 Å². The number of carbonyl (C=O) groups excluding carboxylic acids is 3. The zero-order valence-corrected chi connectivity index (χ0v) is 23.4. The van der Waals surface area contributed by atoms with E-state index in [0.29, 0.717) is 24.9 Å². The Morgan fingerprint density at radius 2 is 1.70 bits per heavy atom. The summed E-state index contributed by atoms with van der Waals surface area (Å²) in [7, 11) is 0. The summed E-state index contributed by atoms with van der Waals surface area (Å²) in [5.74, 6) is -4.46. The first kappa shape index (κ1) is 31.0. The number of nitrogens with zero attached hydrogens (tertiary/aromatic N) is 1. The number of hydrogen-bond acceptors (Lipinski definition) is 7. The number of aliphatic carboxylic acids is 2. The number of carbonyl (C=O) groups is 5. The molecule has 2 heterocycles. The van der Waals surface area contributed by atoms with Crippen molar-refractivity contribution < 1.29 is 39.3 Å². The van der Waals surface area contributed by atoms with Gasteiger partial charge in [-0.2, -0.15) is 0 Å². The standard InChI is InChI=1S/C30H35N5O8/c31-21(15-18-16-32-22-5-2-1-4-20(18)22)29(41)35-13-3-6-25(35)28(40)34-24(14-17-7-9-19(36)10-8-17)27(39)33-23(30(42)43)11-12-26(37)38/h1-2,4-5,7-10,16,21,23-25,32,36H,3,6,11-15,31H2,(H,33,39)(H,34,40)(H,37,38)(H,42,43). The first-order chi connectivity index (χ1) is 20.5. The first-order valence-corrected chi connectivity index (χ1v) is 14.0. The lowest BCUT2D eigenvalue weighted by molar-refractivity contribution is -0.144. The molecule has 1 aromatic heterocycles. The Morgan fingerprint density at radius 3 is 2.40 bits per heavy atom. The number of phenols is 1. The molecule has 3 aromatic rings. The topological polar surface area (TPSA) is 215 Å². The Bertz CT molecular complexity index is 1490. The van der Waals surface area contributed by atoms with E-state index in [2.05, 4.69) is 15.6 Å². The van der Waals surface area contributed by atoms with E-state index < -0.39 is 60.2 Å². The molecule has 0 bridgehead atoms. The molecule has 0 spiro atoms. The lowest BCUT2D eigenvalue weighted by atomic mass is 10.0. The third-order valence-electron chi connectivity index (χ3n) is 7.54.